The fourth-order valence-electron chi connectivity index (χ4n) is 4.82. The number of fused-ring (bicyclic) bond motifs is 1. The summed E-state index contributed by atoms with van der Waals surface area (Å²) < 4.78 is 0. The first-order valence-corrected chi connectivity index (χ1v) is 12.0. The van der Waals surface area contributed by atoms with Crippen molar-refractivity contribution in [1.29, 1.82) is 0 Å². The van der Waals surface area contributed by atoms with Gasteiger partial charge in [0.05, 0.1) is 0 Å². The normalized spacial score (nSPS) is 26.2. The summed E-state index contributed by atoms with van der Waals surface area (Å²) in [6, 6.07) is 0.826. The molecule has 2 saturated heterocycles. The minimum atomic E-state index is 0.361. The van der Waals surface area contributed by atoms with Crippen LogP contribution in [0.4, 0.5) is 0 Å². The lowest BCUT2D eigenvalue weighted by molar-refractivity contribution is -0.131. The maximum absolute atomic E-state index is 12.6. The van der Waals surface area contributed by atoms with Gasteiger partial charge in [0.15, 0.2) is 0 Å². The third-order valence-corrected chi connectivity index (χ3v) is 6.54. The van der Waals surface area contributed by atoms with E-state index in [1.54, 1.807) is 0 Å². The molecule has 0 aromatic rings. The number of hydrogen-bond acceptors (Lipinski definition) is 3. The second-order valence-electron chi connectivity index (χ2n) is 8.78. The molecule has 1 amide bonds. The van der Waals surface area contributed by atoms with Crippen molar-refractivity contribution in [3.05, 3.63) is 0 Å². The van der Waals surface area contributed by atoms with E-state index in [1.165, 1.54) is 90.1 Å². The molecule has 0 aromatic carbocycles. The van der Waals surface area contributed by atoms with Gasteiger partial charge >= 0.3 is 0 Å². The van der Waals surface area contributed by atoms with Gasteiger partial charge in [-0.05, 0) is 64.6 Å². The van der Waals surface area contributed by atoms with Crippen LogP contribution in [0.2, 0.25) is 0 Å². The molecule has 2 aliphatic heterocycles. The molecule has 0 spiro atoms. The van der Waals surface area contributed by atoms with Gasteiger partial charge in [0, 0.05) is 25.6 Å². The lowest BCUT2D eigenvalue weighted by Gasteiger charge is -2.36. The Morgan fingerprint density at radius 2 is 1.30 bits per heavy atom. The zero-order valence-electron chi connectivity index (χ0n) is 17.8. The molecule has 2 rings (SSSR count). The van der Waals surface area contributed by atoms with Crippen LogP contribution in [0.15, 0.2) is 0 Å². The smallest absolute Gasteiger partial charge is 0.222 e. The minimum Gasteiger partial charge on any atom is -0.343 e. The van der Waals surface area contributed by atoms with Gasteiger partial charge in [-0.25, -0.2) is 0 Å². The van der Waals surface area contributed by atoms with Crippen molar-refractivity contribution in [2.24, 2.45) is 5.73 Å². The number of rotatable bonds is 3. The van der Waals surface area contributed by atoms with Crippen LogP contribution in [0, 0.1) is 0 Å². The highest BCUT2D eigenvalue weighted by molar-refractivity contribution is 5.76. The van der Waals surface area contributed by atoms with E-state index in [0.717, 1.165) is 44.8 Å². The molecule has 0 radical (unpaired) electrons. The van der Waals surface area contributed by atoms with Crippen LogP contribution in [0.25, 0.3) is 0 Å². The first kappa shape index (κ1) is 22.7. The number of nitrogens with zero attached hydrogens (tertiary/aromatic N) is 2. The highest BCUT2D eigenvalue weighted by Crippen LogP contribution is 2.23. The molecule has 0 saturated carbocycles. The van der Waals surface area contributed by atoms with Gasteiger partial charge < -0.3 is 15.5 Å². The number of hydrogen-bond donors (Lipinski definition) is 1. The predicted octanol–water partition coefficient (Wildman–Crippen LogP) is 4.71. The van der Waals surface area contributed by atoms with Gasteiger partial charge in [0.1, 0.15) is 0 Å². The summed E-state index contributed by atoms with van der Waals surface area (Å²) >= 11 is 0. The molecule has 2 fully saturated rings. The minimum absolute atomic E-state index is 0.361. The van der Waals surface area contributed by atoms with Crippen LogP contribution in [0.1, 0.15) is 103 Å². The topological polar surface area (TPSA) is 49.6 Å². The first-order chi connectivity index (χ1) is 13.3. The van der Waals surface area contributed by atoms with Crippen molar-refractivity contribution < 1.29 is 4.79 Å². The summed E-state index contributed by atoms with van der Waals surface area (Å²) in [4.78, 5) is 17.5. The van der Waals surface area contributed by atoms with Crippen LogP contribution >= 0.6 is 0 Å². The second kappa shape index (κ2) is 14.4. The molecule has 2 heterocycles. The van der Waals surface area contributed by atoms with E-state index in [-0.39, 0.29) is 0 Å². The fraction of sp³-hybridized carbons (Fsp3) is 0.957. The average molecular weight is 380 g/mol. The Labute approximate surface area is 168 Å². The van der Waals surface area contributed by atoms with Crippen LogP contribution in [-0.4, -0.2) is 54.5 Å². The quantitative estimate of drug-likeness (QED) is 0.772. The maximum Gasteiger partial charge on any atom is 0.222 e. The van der Waals surface area contributed by atoms with E-state index in [2.05, 4.69) is 9.80 Å². The zero-order valence-corrected chi connectivity index (χ0v) is 17.8. The van der Waals surface area contributed by atoms with Crippen molar-refractivity contribution in [1.82, 2.24) is 9.80 Å². The summed E-state index contributed by atoms with van der Waals surface area (Å²) in [6.07, 6.45) is 20.2. The number of carbonyl (C=O) groups is 1. The number of carbonyl (C=O) groups excluding carboxylic acids is 1. The lowest BCUT2D eigenvalue weighted by atomic mass is 9.96. The standard InChI is InChI=1S/C23H45N3O/c24-17-13-21-26-20-12-11-19-25-18-10-9-15-22(25)14-7-5-3-1-2-4-6-8-16-23(26)27/h22H,1-21,24H2/t22-/m1/s1. The highest BCUT2D eigenvalue weighted by Gasteiger charge is 2.21. The molecule has 2 aliphatic rings. The average Bonchev–Trinajstić information content (AvgIpc) is 2.69. The van der Waals surface area contributed by atoms with Crippen molar-refractivity contribution in [2.45, 2.75) is 109 Å². The lowest BCUT2D eigenvalue weighted by Crippen LogP contribution is -2.40. The van der Waals surface area contributed by atoms with Gasteiger partial charge in [0.2, 0.25) is 5.91 Å². The van der Waals surface area contributed by atoms with E-state index in [9.17, 15) is 4.79 Å². The van der Waals surface area contributed by atoms with Crippen molar-refractivity contribution >= 4 is 5.91 Å². The largest absolute Gasteiger partial charge is 0.343 e. The maximum atomic E-state index is 12.6. The summed E-state index contributed by atoms with van der Waals surface area (Å²) in [6.45, 7) is 4.97. The molecule has 1 atom stereocenters. The highest BCUT2D eigenvalue weighted by atomic mass is 16.2. The van der Waals surface area contributed by atoms with Gasteiger partial charge in [0.25, 0.3) is 0 Å². The molecule has 0 aromatic heterocycles. The second-order valence-corrected chi connectivity index (χ2v) is 8.78. The Morgan fingerprint density at radius 1 is 0.741 bits per heavy atom. The van der Waals surface area contributed by atoms with E-state index in [0.29, 0.717) is 12.5 Å². The summed E-state index contributed by atoms with van der Waals surface area (Å²) in [5, 5.41) is 0. The van der Waals surface area contributed by atoms with Crippen LogP contribution in [0.5, 0.6) is 0 Å². The van der Waals surface area contributed by atoms with E-state index in [1.807, 2.05) is 0 Å². The van der Waals surface area contributed by atoms with E-state index >= 15 is 0 Å². The number of nitrogens with two attached hydrogens (primary N) is 1. The Morgan fingerprint density at radius 3 is 2.00 bits per heavy atom. The summed E-state index contributed by atoms with van der Waals surface area (Å²) in [7, 11) is 0. The Bertz CT molecular complexity index is 388. The molecule has 2 N–H and O–H groups in total. The van der Waals surface area contributed by atoms with Gasteiger partial charge in [-0.15, -0.1) is 0 Å². The van der Waals surface area contributed by atoms with Crippen molar-refractivity contribution in [3.8, 4) is 0 Å². The third kappa shape index (κ3) is 9.43. The molecule has 4 heteroatoms. The van der Waals surface area contributed by atoms with Gasteiger partial charge in [-0.2, -0.15) is 0 Å². The summed E-state index contributed by atoms with van der Waals surface area (Å²) in [5.41, 5.74) is 5.69. The third-order valence-electron chi connectivity index (χ3n) is 6.54. The van der Waals surface area contributed by atoms with Crippen LogP contribution in [0.3, 0.4) is 0 Å². The Balaban J connectivity index is 1.84. The predicted molar refractivity (Wildman–Crippen MR) is 115 cm³/mol. The Kier molecular flexibility index (Phi) is 12.1. The molecular weight excluding hydrogens is 334 g/mol. The fourth-order valence-corrected chi connectivity index (χ4v) is 4.82. The first-order valence-electron chi connectivity index (χ1n) is 12.0. The molecule has 27 heavy (non-hydrogen) atoms. The number of amides is 1. The zero-order chi connectivity index (χ0) is 19.2. The molecule has 0 aliphatic carbocycles. The van der Waals surface area contributed by atoms with Crippen molar-refractivity contribution in [2.75, 3.05) is 32.7 Å². The van der Waals surface area contributed by atoms with Crippen molar-refractivity contribution in [3.63, 3.8) is 0 Å². The van der Waals surface area contributed by atoms with E-state index in [4.69, 9.17) is 5.73 Å². The van der Waals surface area contributed by atoms with E-state index < -0.39 is 0 Å². The van der Waals surface area contributed by atoms with Crippen LogP contribution in [-0.2, 0) is 4.79 Å². The van der Waals surface area contributed by atoms with Gasteiger partial charge in [-0.1, -0.05) is 51.4 Å². The molecule has 158 valence electrons. The molecule has 0 unspecified atom stereocenters. The van der Waals surface area contributed by atoms with Gasteiger partial charge in [-0.3, -0.25) is 4.79 Å². The number of piperidine rings is 1. The van der Waals surface area contributed by atoms with Crippen LogP contribution < -0.4 is 5.73 Å². The Hall–Kier alpha value is -0.610. The molecule has 0 bridgehead atoms. The molecule has 4 nitrogen and oxygen atoms in total. The molecular formula is C23H45N3O. The SMILES string of the molecule is NCCCN1CCCCN2CCCC[C@H]2CCCCCCCCCCC1=O. The summed E-state index contributed by atoms with van der Waals surface area (Å²) in [5.74, 6) is 0.361. The monoisotopic (exact) mass is 379 g/mol.